The number of para-hydroxylation sites is 1. The fourth-order valence-electron chi connectivity index (χ4n) is 1.82. The van der Waals surface area contributed by atoms with Gasteiger partial charge in [-0.2, -0.15) is 4.98 Å². The van der Waals surface area contributed by atoms with Crippen LogP contribution in [0.1, 0.15) is 0 Å². The van der Waals surface area contributed by atoms with E-state index in [2.05, 4.69) is 15.3 Å². The van der Waals surface area contributed by atoms with Crippen molar-refractivity contribution in [2.45, 2.75) is 0 Å². The van der Waals surface area contributed by atoms with Gasteiger partial charge in [-0.25, -0.2) is 9.37 Å². The number of nitrogen functional groups attached to an aromatic ring is 1. The van der Waals surface area contributed by atoms with E-state index in [0.717, 1.165) is 10.9 Å². The molecule has 0 spiro atoms. The Kier molecular flexibility index (Phi) is 2.72. The molecule has 1 heterocycles. The molecule has 3 N–H and O–H groups in total. The summed E-state index contributed by atoms with van der Waals surface area (Å²) >= 11 is 0. The highest BCUT2D eigenvalue weighted by Crippen LogP contribution is 2.21. The molecule has 4 nitrogen and oxygen atoms in total. The maximum atomic E-state index is 12.8. The lowest BCUT2D eigenvalue weighted by atomic mass is 10.2. The normalized spacial score (nSPS) is 10.6. The van der Waals surface area contributed by atoms with E-state index in [0.29, 0.717) is 17.5 Å². The van der Waals surface area contributed by atoms with Gasteiger partial charge >= 0.3 is 0 Å². The largest absolute Gasteiger partial charge is 0.383 e. The average Bonchev–Trinajstić information content (AvgIpc) is 2.42. The Hall–Kier alpha value is -2.69. The summed E-state index contributed by atoms with van der Waals surface area (Å²) in [7, 11) is 0. The number of hydrogen-bond donors (Lipinski definition) is 2. The summed E-state index contributed by atoms with van der Waals surface area (Å²) in [6.07, 6.45) is 0. The number of nitrogens with zero attached hydrogens (tertiary/aromatic N) is 2. The van der Waals surface area contributed by atoms with Crippen molar-refractivity contribution in [2.24, 2.45) is 0 Å². The number of halogens is 1. The van der Waals surface area contributed by atoms with E-state index in [9.17, 15) is 4.39 Å². The van der Waals surface area contributed by atoms with Gasteiger partial charge in [0, 0.05) is 11.1 Å². The molecule has 0 bridgehead atoms. The first-order valence-electron chi connectivity index (χ1n) is 5.77. The molecule has 3 aromatic rings. The van der Waals surface area contributed by atoms with Gasteiger partial charge in [0.1, 0.15) is 11.6 Å². The molecule has 0 saturated heterocycles. The maximum absolute atomic E-state index is 12.8. The second kappa shape index (κ2) is 4.53. The minimum atomic E-state index is -0.288. The summed E-state index contributed by atoms with van der Waals surface area (Å²) in [6, 6.07) is 13.5. The third-order valence-electron chi connectivity index (χ3n) is 2.73. The van der Waals surface area contributed by atoms with Crippen LogP contribution in [0.2, 0.25) is 0 Å². The Morgan fingerprint density at radius 3 is 2.47 bits per heavy atom. The molecular weight excluding hydrogens is 243 g/mol. The first kappa shape index (κ1) is 11.4. The van der Waals surface area contributed by atoms with E-state index < -0.39 is 0 Å². The molecule has 19 heavy (non-hydrogen) atoms. The molecular formula is C14H11FN4. The van der Waals surface area contributed by atoms with Crippen molar-refractivity contribution in [3.63, 3.8) is 0 Å². The highest BCUT2D eigenvalue weighted by atomic mass is 19.1. The van der Waals surface area contributed by atoms with E-state index >= 15 is 0 Å². The van der Waals surface area contributed by atoms with Crippen LogP contribution in [0.3, 0.4) is 0 Å². The first-order chi connectivity index (χ1) is 9.22. The van der Waals surface area contributed by atoms with E-state index in [4.69, 9.17) is 5.73 Å². The number of anilines is 3. The van der Waals surface area contributed by atoms with Gasteiger partial charge in [0.25, 0.3) is 0 Å². The monoisotopic (exact) mass is 254 g/mol. The number of rotatable bonds is 2. The van der Waals surface area contributed by atoms with Crippen LogP contribution in [-0.4, -0.2) is 9.97 Å². The molecule has 0 fully saturated rings. The lowest BCUT2D eigenvalue weighted by Gasteiger charge is -2.07. The molecule has 2 aromatic carbocycles. The zero-order chi connectivity index (χ0) is 13.2. The molecule has 94 valence electrons. The van der Waals surface area contributed by atoms with Crippen molar-refractivity contribution >= 4 is 28.4 Å². The molecule has 0 amide bonds. The third-order valence-corrected chi connectivity index (χ3v) is 2.73. The van der Waals surface area contributed by atoms with Gasteiger partial charge in [0.15, 0.2) is 0 Å². The van der Waals surface area contributed by atoms with Crippen LogP contribution in [0.5, 0.6) is 0 Å². The van der Waals surface area contributed by atoms with Crippen LogP contribution in [0.25, 0.3) is 10.9 Å². The lowest BCUT2D eigenvalue weighted by Crippen LogP contribution is -2.01. The molecule has 0 atom stereocenters. The number of nitrogens with one attached hydrogen (secondary N) is 1. The van der Waals surface area contributed by atoms with Gasteiger partial charge in [-0.15, -0.1) is 0 Å². The maximum Gasteiger partial charge on any atom is 0.229 e. The molecule has 0 aliphatic heterocycles. The Bertz CT molecular complexity index is 725. The summed E-state index contributed by atoms with van der Waals surface area (Å²) in [6.45, 7) is 0. The highest BCUT2D eigenvalue weighted by molar-refractivity contribution is 5.89. The SMILES string of the molecule is Nc1nc(Nc2ccc(F)cc2)nc2ccccc12. The van der Waals surface area contributed by atoms with Crippen LogP contribution < -0.4 is 11.1 Å². The lowest BCUT2D eigenvalue weighted by molar-refractivity contribution is 0.628. The zero-order valence-electron chi connectivity index (χ0n) is 9.97. The number of fused-ring (bicyclic) bond motifs is 1. The van der Waals surface area contributed by atoms with Crippen molar-refractivity contribution < 1.29 is 4.39 Å². The van der Waals surface area contributed by atoms with Gasteiger partial charge in [-0.3, -0.25) is 0 Å². The van der Waals surface area contributed by atoms with Gasteiger partial charge in [-0.1, -0.05) is 12.1 Å². The average molecular weight is 254 g/mol. The fraction of sp³-hybridized carbons (Fsp3) is 0. The van der Waals surface area contributed by atoms with E-state index in [1.165, 1.54) is 12.1 Å². The third kappa shape index (κ3) is 2.30. The van der Waals surface area contributed by atoms with Gasteiger partial charge in [-0.05, 0) is 36.4 Å². The van der Waals surface area contributed by atoms with Crippen molar-refractivity contribution in [3.05, 3.63) is 54.3 Å². The molecule has 0 aliphatic carbocycles. The van der Waals surface area contributed by atoms with Crippen LogP contribution in [0, 0.1) is 5.82 Å². The minimum Gasteiger partial charge on any atom is -0.383 e. The summed E-state index contributed by atoms with van der Waals surface area (Å²) < 4.78 is 12.8. The second-order valence-electron chi connectivity index (χ2n) is 4.08. The van der Waals surface area contributed by atoms with Crippen molar-refractivity contribution in [3.8, 4) is 0 Å². The first-order valence-corrected chi connectivity index (χ1v) is 5.77. The smallest absolute Gasteiger partial charge is 0.229 e. The predicted octanol–water partition coefficient (Wildman–Crippen LogP) is 3.09. The van der Waals surface area contributed by atoms with Crippen LogP contribution in [0.4, 0.5) is 21.8 Å². The predicted molar refractivity (Wildman–Crippen MR) is 73.6 cm³/mol. The Balaban J connectivity index is 1.99. The summed E-state index contributed by atoms with van der Waals surface area (Å²) in [5, 5.41) is 3.81. The number of hydrogen-bond acceptors (Lipinski definition) is 4. The Labute approximate surface area is 109 Å². The minimum absolute atomic E-state index is 0.288. The van der Waals surface area contributed by atoms with Crippen LogP contribution in [0.15, 0.2) is 48.5 Å². The van der Waals surface area contributed by atoms with Gasteiger partial charge in [0.2, 0.25) is 5.95 Å². The number of nitrogens with two attached hydrogens (primary N) is 1. The topological polar surface area (TPSA) is 63.8 Å². The van der Waals surface area contributed by atoms with Crippen molar-refractivity contribution in [2.75, 3.05) is 11.1 Å². The zero-order valence-corrected chi connectivity index (χ0v) is 9.97. The molecule has 1 aromatic heterocycles. The Morgan fingerprint density at radius 1 is 0.947 bits per heavy atom. The molecule has 3 rings (SSSR count). The van der Waals surface area contributed by atoms with Gasteiger partial charge in [0.05, 0.1) is 5.52 Å². The fourth-order valence-corrected chi connectivity index (χ4v) is 1.82. The summed E-state index contributed by atoms with van der Waals surface area (Å²) in [5.41, 5.74) is 7.35. The van der Waals surface area contributed by atoms with Crippen LogP contribution >= 0.6 is 0 Å². The molecule has 0 aliphatic rings. The van der Waals surface area contributed by atoms with E-state index in [1.807, 2.05) is 24.3 Å². The molecule has 0 unspecified atom stereocenters. The summed E-state index contributed by atoms with van der Waals surface area (Å²) in [4.78, 5) is 8.54. The Morgan fingerprint density at radius 2 is 1.68 bits per heavy atom. The van der Waals surface area contributed by atoms with Gasteiger partial charge < -0.3 is 11.1 Å². The van der Waals surface area contributed by atoms with E-state index in [-0.39, 0.29) is 5.82 Å². The summed E-state index contributed by atoms with van der Waals surface area (Å²) in [5.74, 6) is 0.516. The molecule has 0 radical (unpaired) electrons. The highest BCUT2D eigenvalue weighted by Gasteiger charge is 2.04. The van der Waals surface area contributed by atoms with Crippen LogP contribution in [-0.2, 0) is 0 Å². The second-order valence-corrected chi connectivity index (χ2v) is 4.08. The molecule has 5 heteroatoms. The number of aromatic nitrogens is 2. The van der Waals surface area contributed by atoms with Crippen molar-refractivity contribution in [1.82, 2.24) is 9.97 Å². The number of benzene rings is 2. The standard InChI is InChI=1S/C14H11FN4/c15-9-5-7-10(8-6-9)17-14-18-12-4-2-1-3-11(12)13(16)19-14/h1-8H,(H3,16,17,18,19). The molecule has 0 saturated carbocycles. The quantitative estimate of drug-likeness (QED) is 0.737. The van der Waals surface area contributed by atoms with Crippen molar-refractivity contribution in [1.29, 1.82) is 0 Å². The van der Waals surface area contributed by atoms with E-state index in [1.54, 1.807) is 12.1 Å².